The van der Waals surface area contributed by atoms with Crippen LogP contribution in [0.3, 0.4) is 0 Å². The molecule has 3 N–H and O–H groups in total. The zero-order valence-electron chi connectivity index (χ0n) is 20.0. The van der Waals surface area contributed by atoms with Crippen molar-refractivity contribution in [2.45, 2.75) is 71.0 Å². The van der Waals surface area contributed by atoms with E-state index in [0.717, 1.165) is 32.2 Å². The molecule has 1 aliphatic heterocycles. The summed E-state index contributed by atoms with van der Waals surface area (Å²) in [5.41, 5.74) is 1.39. The first-order valence-electron chi connectivity index (χ1n) is 12.8. The standard InChI is InChI=1S/C26H44N2O4/c1-3-4-5-19(2)14-22(29)6-7-23-24-16-20(15-21(24)17-25(23)30)18-27-9-8-26(31)28-10-12-32-13-11-28/h6-7,15,19,21-25,27,29-30H,3-5,8-14,16-18H2,1-2H3/b7-6+/t19-,21-,22+,23+,24-,25+/m0/s1. The molecule has 1 saturated carbocycles. The molecule has 1 heterocycles. The third-order valence-electron chi connectivity index (χ3n) is 7.43. The molecule has 32 heavy (non-hydrogen) atoms. The van der Waals surface area contributed by atoms with Crippen LogP contribution >= 0.6 is 0 Å². The van der Waals surface area contributed by atoms with Gasteiger partial charge >= 0.3 is 0 Å². The first-order chi connectivity index (χ1) is 15.5. The largest absolute Gasteiger partial charge is 0.392 e. The second kappa shape index (κ2) is 12.9. The van der Waals surface area contributed by atoms with Gasteiger partial charge in [-0.1, -0.05) is 56.9 Å². The maximum atomic E-state index is 12.2. The summed E-state index contributed by atoms with van der Waals surface area (Å²) in [5.74, 6) is 1.70. The topological polar surface area (TPSA) is 82.0 Å². The molecule has 2 fully saturated rings. The zero-order valence-corrected chi connectivity index (χ0v) is 20.0. The lowest BCUT2D eigenvalue weighted by molar-refractivity contribution is -0.135. The number of morpholine rings is 1. The summed E-state index contributed by atoms with van der Waals surface area (Å²) in [6, 6.07) is 0. The Balaban J connectivity index is 1.38. The van der Waals surface area contributed by atoms with Gasteiger partial charge < -0.3 is 25.2 Å². The van der Waals surface area contributed by atoms with Crippen molar-refractivity contribution in [1.29, 1.82) is 0 Å². The first-order valence-corrected chi connectivity index (χ1v) is 12.8. The molecule has 6 heteroatoms. The van der Waals surface area contributed by atoms with Crippen molar-refractivity contribution in [2.75, 3.05) is 39.4 Å². The Kier molecular flexibility index (Phi) is 10.2. The van der Waals surface area contributed by atoms with Crippen LogP contribution in [0.2, 0.25) is 0 Å². The highest BCUT2D eigenvalue weighted by Crippen LogP contribution is 2.47. The Bertz CT molecular complexity index is 644. The molecule has 0 radical (unpaired) electrons. The van der Waals surface area contributed by atoms with Crippen LogP contribution in [0, 0.1) is 23.7 Å². The molecule has 3 aliphatic rings. The fraction of sp³-hybridized carbons (Fsp3) is 0.808. The molecule has 2 aliphatic carbocycles. The molecule has 0 aromatic rings. The molecule has 0 unspecified atom stereocenters. The molecule has 6 atom stereocenters. The van der Waals surface area contributed by atoms with Crippen molar-refractivity contribution < 1.29 is 19.7 Å². The molecule has 1 saturated heterocycles. The summed E-state index contributed by atoms with van der Waals surface area (Å²) in [7, 11) is 0. The molecule has 3 rings (SSSR count). The molecule has 0 bridgehead atoms. The van der Waals surface area contributed by atoms with E-state index in [1.807, 2.05) is 11.0 Å². The number of carbonyl (C=O) groups excluding carboxylic acids is 1. The van der Waals surface area contributed by atoms with E-state index >= 15 is 0 Å². The van der Waals surface area contributed by atoms with Crippen LogP contribution in [0.4, 0.5) is 0 Å². The summed E-state index contributed by atoms with van der Waals surface area (Å²) >= 11 is 0. The predicted molar refractivity (Wildman–Crippen MR) is 127 cm³/mol. The Morgan fingerprint density at radius 3 is 2.91 bits per heavy atom. The van der Waals surface area contributed by atoms with Crippen molar-refractivity contribution >= 4 is 5.91 Å². The number of rotatable bonds is 12. The van der Waals surface area contributed by atoms with Gasteiger partial charge in [-0.05, 0) is 37.0 Å². The summed E-state index contributed by atoms with van der Waals surface area (Å²) in [6.45, 7) is 8.61. The van der Waals surface area contributed by atoms with Gasteiger partial charge in [-0.2, -0.15) is 0 Å². The van der Waals surface area contributed by atoms with Crippen molar-refractivity contribution in [1.82, 2.24) is 10.2 Å². The summed E-state index contributed by atoms with van der Waals surface area (Å²) in [5, 5.41) is 24.4. The van der Waals surface area contributed by atoms with Crippen LogP contribution in [-0.4, -0.2) is 72.6 Å². The van der Waals surface area contributed by atoms with Gasteiger partial charge in [0.1, 0.15) is 0 Å². The van der Waals surface area contributed by atoms with E-state index in [9.17, 15) is 15.0 Å². The second-order valence-corrected chi connectivity index (χ2v) is 10.1. The number of hydrogen-bond acceptors (Lipinski definition) is 5. The molecule has 0 aromatic carbocycles. The lowest BCUT2D eigenvalue weighted by atomic mass is 9.88. The number of amides is 1. The van der Waals surface area contributed by atoms with E-state index in [2.05, 4.69) is 31.3 Å². The minimum Gasteiger partial charge on any atom is -0.392 e. The predicted octanol–water partition coefficient (Wildman–Crippen LogP) is 2.90. The number of nitrogens with zero attached hydrogens (tertiary/aromatic N) is 1. The van der Waals surface area contributed by atoms with E-state index in [4.69, 9.17) is 4.74 Å². The lowest BCUT2D eigenvalue weighted by Crippen LogP contribution is -2.41. The minimum absolute atomic E-state index is 0.122. The van der Waals surface area contributed by atoms with Gasteiger partial charge in [0.2, 0.25) is 5.91 Å². The molecule has 1 amide bonds. The number of allylic oxidation sites excluding steroid dienone is 1. The average molecular weight is 449 g/mol. The summed E-state index contributed by atoms with van der Waals surface area (Å²) in [6.07, 6.45) is 12.3. The van der Waals surface area contributed by atoms with Crippen molar-refractivity contribution in [3.05, 3.63) is 23.8 Å². The molecular formula is C26H44N2O4. The molecular weight excluding hydrogens is 404 g/mol. The quantitative estimate of drug-likeness (QED) is 0.316. The van der Waals surface area contributed by atoms with E-state index in [1.54, 1.807) is 0 Å². The van der Waals surface area contributed by atoms with E-state index in [-0.39, 0.29) is 17.9 Å². The van der Waals surface area contributed by atoms with Gasteiger partial charge in [-0.25, -0.2) is 0 Å². The molecule has 0 aromatic heterocycles. The van der Waals surface area contributed by atoms with Gasteiger partial charge in [0.05, 0.1) is 25.4 Å². The number of unbranched alkanes of at least 4 members (excludes halogenated alkanes) is 1. The summed E-state index contributed by atoms with van der Waals surface area (Å²) < 4.78 is 5.30. The SMILES string of the molecule is CCCC[C@H](C)C[C@H](O)/C=C/[C@@H]1[C@H]2CC(CNCCC(=O)N3CCOCC3)=C[C@H]2C[C@H]1O. The smallest absolute Gasteiger partial charge is 0.224 e. The maximum absolute atomic E-state index is 12.2. The summed E-state index contributed by atoms with van der Waals surface area (Å²) in [4.78, 5) is 14.1. The van der Waals surface area contributed by atoms with E-state index in [1.165, 1.54) is 18.4 Å². The van der Waals surface area contributed by atoms with Gasteiger partial charge in [-0.3, -0.25) is 4.79 Å². The van der Waals surface area contributed by atoms with Crippen LogP contribution < -0.4 is 5.32 Å². The number of carbonyl (C=O) groups is 1. The van der Waals surface area contributed by atoms with Gasteiger partial charge in [-0.15, -0.1) is 0 Å². The Morgan fingerprint density at radius 1 is 1.38 bits per heavy atom. The average Bonchev–Trinajstić information content (AvgIpc) is 3.30. The van der Waals surface area contributed by atoms with Gasteiger partial charge in [0.25, 0.3) is 0 Å². The van der Waals surface area contributed by atoms with Crippen LogP contribution in [0.5, 0.6) is 0 Å². The lowest BCUT2D eigenvalue weighted by Gasteiger charge is -2.26. The van der Waals surface area contributed by atoms with Crippen LogP contribution in [-0.2, 0) is 9.53 Å². The second-order valence-electron chi connectivity index (χ2n) is 10.1. The first kappa shape index (κ1) is 25.4. The monoisotopic (exact) mass is 448 g/mol. The third-order valence-corrected chi connectivity index (χ3v) is 7.43. The number of aliphatic hydroxyl groups excluding tert-OH is 2. The number of ether oxygens (including phenoxy) is 1. The Labute approximate surface area is 194 Å². The van der Waals surface area contributed by atoms with Crippen LogP contribution in [0.1, 0.15) is 58.8 Å². The zero-order chi connectivity index (χ0) is 22.9. The maximum Gasteiger partial charge on any atom is 0.224 e. The van der Waals surface area contributed by atoms with Crippen molar-refractivity contribution in [3.63, 3.8) is 0 Å². The molecule has 182 valence electrons. The highest BCUT2D eigenvalue weighted by Gasteiger charge is 2.43. The van der Waals surface area contributed by atoms with Gasteiger partial charge in [0.15, 0.2) is 0 Å². The fourth-order valence-electron chi connectivity index (χ4n) is 5.57. The van der Waals surface area contributed by atoms with Gasteiger partial charge in [0, 0.05) is 38.5 Å². The highest BCUT2D eigenvalue weighted by atomic mass is 16.5. The van der Waals surface area contributed by atoms with Crippen LogP contribution in [0.15, 0.2) is 23.8 Å². The molecule has 6 nitrogen and oxygen atoms in total. The van der Waals surface area contributed by atoms with Crippen molar-refractivity contribution in [2.24, 2.45) is 23.7 Å². The highest BCUT2D eigenvalue weighted by molar-refractivity contribution is 5.76. The number of aliphatic hydroxyl groups is 2. The number of hydrogen-bond donors (Lipinski definition) is 3. The van der Waals surface area contributed by atoms with Crippen molar-refractivity contribution in [3.8, 4) is 0 Å². The third kappa shape index (κ3) is 7.41. The number of nitrogens with one attached hydrogen (secondary N) is 1. The minimum atomic E-state index is -0.424. The Morgan fingerprint density at radius 2 is 2.16 bits per heavy atom. The van der Waals surface area contributed by atoms with E-state index in [0.29, 0.717) is 57.0 Å². The van der Waals surface area contributed by atoms with E-state index < -0.39 is 6.10 Å². The normalized spacial score (nSPS) is 29.9. The fourth-order valence-corrected chi connectivity index (χ4v) is 5.57. The number of fused-ring (bicyclic) bond motifs is 1. The molecule has 0 spiro atoms. The van der Waals surface area contributed by atoms with Crippen LogP contribution in [0.25, 0.3) is 0 Å². The Hall–Kier alpha value is -1.21.